The molecule has 0 aliphatic rings. The third-order valence-corrected chi connectivity index (χ3v) is 2.03. The zero-order valence-electron chi connectivity index (χ0n) is 9.32. The first-order valence-corrected chi connectivity index (χ1v) is 5.08. The number of pyridine rings is 1. The third-order valence-electron chi connectivity index (χ3n) is 2.03. The van der Waals surface area contributed by atoms with Crippen LogP contribution >= 0.6 is 0 Å². The van der Waals surface area contributed by atoms with Crippen molar-refractivity contribution in [3.8, 4) is 6.07 Å². The summed E-state index contributed by atoms with van der Waals surface area (Å²) in [5.74, 6) is -0.102. The van der Waals surface area contributed by atoms with Crippen LogP contribution in [0.4, 0.5) is 5.69 Å². The first kappa shape index (κ1) is 12.0. The first-order valence-electron chi connectivity index (χ1n) is 5.08. The molecule has 1 aromatic rings. The zero-order chi connectivity index (χ0) is 12.0. The number of carbonyl (C=O) groups excluding carboxylic acids is 1. The minimum Gasteiger partial charge on any atom is -0.372 e. The van der Waals surface area contributed by atoms with Gasteiger partial charge in [0.25, 0.3) is 0 Å². The van der Waals surface area contributed by atoms with Gasteiger partial charge in [-0.25, -0.2) is 4.98 Å². The molecule has 0 fully saturated rings. The molecule has 1 heterocycles. The fraction of sp³-hybridized carbons (Fsp3) is 0.364. The zero-order valence-corrected chi connectivity index (χ0v) is 9.32. The molecule has 0 spiro atoms. The van der Waals surface area contributed by atoms with Crippen LogP contribution in [-0.4, -0.2) is 23.5 Å². The van der Waals surface area contributed by atoms with Crippen molar-refractivity contribution in [3.63, 3.8) is 0 Å². The molecule has 0 aliphatic heterocycles. The highest BCUT2D eigenvalue weighted by Gasteiger charge is 2.13. The summed E-state index contributed by atoms with van der Waals surface area (Å²) in [5, 5.41) is 14.5. The van der Waals surface area contributed by atoms with Gasteiger partial charge in [-0.3, -0.25) is 4.79 Å². The molecule has 5 nitrogen and oxygen atoms in total. The summed E-state index contributed by atoms with van der Waals surface area (Å²) in [4.78, 5) is 15.4. The van der Waals surface area contributed by atoms with Crippen molar-refractivity contribution < 1.29 is 4.79 Å². The number of nitrogens with one attached hydrogen (secondary N) is 2. The largest absolute Gasteiger partial charge is 0.372 e. The van der Waals surface area contributed by atoms with Crippen molar-refractivity contribution in [2.45, 2.75) is 19.9 Å². The van der Waals surface area contributed by atoms with E-state index in [0.29, 0.717) is 17.9 Å². The van der Waals surface area contributed by atoms with E-state index in [2.05, 4.69) is 15.6 Å². The van der Waals surface area contributed by atoms with Gasteiger partial charge in [0.2, 0.25) is 5.91 Å². The standard InChI is InChI=1S/C11H14N4O/c1-3-13-11(16)8(2)15-9-5-4-6-14-10(9)7-12/h4-6,8,15H,3H2,1-2H3,(H,13,16). The Hall–Kier alpha value is -2.09. The Morgan fingerprint density at radius 3 is 3.06 bits per heavy atom. The number of aromatic nitrogens is 1. The monoisotopic (exact) mass is 218 g/mol. The average Bonchev–Trinajstić information content (AvgIpc) is 2.30. The number of anilines is 1. The SMILES string of the molecule is CCNC(=O)C(C)Nc1cccnc1C#N. The van der Waals surface area contributed by atoms with Gasteiger partial charge in [-0.1, -0.05) is 0 Å². The second-order valence-electron chi connectivity index (χ2n) is 3.27. The van der Waals surface area contributed by atoms with E-state index in [4.69, 9.17) is 5.26 Å². The smallest absolute Gasteiger partial charge is 0.242 e. The molecule has 2 N–H and O–H groups in total. The van der Waals surface area contributed by atoms with Gasteiger partial charge in [-0.2, -0.15) is 5.26 Å². The molecular weight excluding hydrogens is 204 g/mol. The molecule has 0 radical (unpaired) electrons. The van der Waals surface area contributed by atoms with E-state index in [0.717, 1.165) is 0 Å². The molecule has 1 amide bonds. The molecule has 0 aliphatic carbocycles. The Balaban J connectivity index is 2.73. The van der Waals surface area contributed by atoms with Gasteiger partial charge in [0.05, 0.1) is 5.69 Å². The molecular formula is C11H14N4O. The molecule has 0 aromatic carbocycles. The van der Waals surface area contributed by atoms with Crippen LogP contribution in [0.15, 0.2) is 18.3 Å². The van der Waals surface area contributed by atoms with E-state index in [1.165, 1.54) is 0 Å². The van der Waals surface area contributed by atoms with Crippen molar-refractivity contribution >= 4 is 11.6 Å². The highest BCUT2D eigenvalue weighted by molar-refractivity contribution is 5.84. The fourth-order valence-electron chi connectivity index (χ4n) is 1.24. The van der Waals surface area contributed by atoms with Crippen molar-refractivity contribution in [1.82, 2.24) is 10.3 Å². The topological polar surface area (TPSA) is 77.8 Å². The summed E-state index contributed by atoms with van der Waals surface area (Å²) in [6.45, 7) is 4.18. The predicted octanol–water partition coefficient (Wildman–Crippen LogP) is 0.890. The van der Waals surface area contributed by atoms with Gasteiger partial charge in [0.1, 0.15) is 12.1 Å². The van der Waals surface area contributed by atoms with Crippen LogP contribution in [-0.2, 0) is 4.79 Å². The van der Waals surface area contributed by atoms with Gasteiger partial charge >= 0.3 is 0 Å². The maximum absolute atomic E-state index is 11.5. The molecule has 0 bridgehead atoms. The van der Waals surface area contributed by atoms with Crippen molar-refractivity contribution in [1.29, 1.82) is 5.26 Å². The van der Waals surface area contributed by atoms with Crippen LogP contribution in [0.3, 0.4) is 0 Å². The first-order chi connectivity index (χ1) is 7.69. The Morgan fingerprint density at radius 1 is 1.69 bits per heavy atom. The Kier molecular flexibility index (Phi) is 4.28. The summed E-state index contributed by atoms with van der Waals surface area (Å²) >= 11 is 0. The normalized spacial score (nSPS) is 11.3. The van der Waals surface area contributed by atoms with E-state index in [1.54, 1.807) is 25.3 Å². The van der Waals surface area contributed by atoms with Crippen LogP contribution in [0.1, 0.15) is 19.5 Å². The lowest BCUT2D eigenvalue weighted by molar-refractivity contribution is -0.121. The average molecular weight is 218 g/mol. The second-order valence-corrected chi connectivity index (χ2v) is 3.27. The fourth-order valence-corrected chi connectivity index (χ4v) is 1.24. The minimum absolute atomic E-state index is 0.102. The van der Waals surface area contributed by atoms with Gasteiger partial charge in [-0.15, -0.1) is 0 Å². The molecule has 0 saturated carbocycles. The second kappa shape index (κ2) is 5.71. The summed E-state index contributed by atoms with van der Waals surface area (Å²) in [6.07, 6.45) is 1.54. The maximum atomic E-state index is 11.5. The number of hydrogen-bond acceptors (Lipinski definition) is 4. The van der Waals surface area contributed by atoms with E-state index < -0.39 is 6.04 Å². The summed E-state index contributed by atoms with van der Waals surface area (Å²) < 4.78 is 0. The maximum Gasteiger partial charge on any atom is 0.242 e. The number of rotatable bonds is 4. The van der Waals surface area contributed by atoms with Crippen molar-refractivity contribution in [2.75, 3.05) is 11.9 Å². The third kappa shape index (κ3) is 2.95. The molecule has 84 valence electrons. The van der Waals surface area contributed by atoms with Crippen molar-refractivity contribution in [2.24, 2.45) is 0 Å². The summed E-state index contributed by atoms with van der Waals surface area (Å²) in [5.41, 5.74) is 0.863. The van der Waals surface area contributed by atoms with E-state index in [-0.39, 0.29) is 5.91 Å². The number of amides is 1. The lowest BCUT2D eigenvalue weighted by atomic mass is 10.2. The number of likely N-dealkylation sites (N-methyl/N-ethyl adjacent to an activating group) is 1. The van der Waals surface area contributed by atoms with Crippen LogP contribution in [0.25, 0.3) is 0 Å². The lowest BCUT2D eigenvalue weighted by Crippen LogP contribution is -2.37. The summed E-state index contributed by atoms with van der Waals surface area (Å²) in [6, 6.07) is 5.01. The van der Waals surface area contributed by atoms with Gasteiger partial charge in [0, 0.05) is 12.7 Å². The van der Waals surface area contributed by atoms with Crippen LogP contribution in [0, 0.1) is 11.3 Å². The molecule has 5 heteroatoms. The van der Waals surface area contributed by atoms with E-state index in [9.17, 15) is 4.79 Å². The Bertz CT molecular complexity index is 411. The molecule has 16 heavy (non-hydrogen) atoms. The number of carbonyl (C=O) groups is 1. The Morgan fingerprint density at radius 2 is 2.44 bits per heavy atom. The quantitative estimate of drug-likeness (QED) is 0.786. The van der Waals surface area contributed by atoms with E-state index >= 15 is 0 Å². The molecule has 1 rings (SSSR count). The highest BCUT2D eigenvalue weighted by Crippen LogP contribution is 2.11. The molecule has 1 unspecified atom stereocenters. The summed E-state index contributed by atoms with van der Waals surface area (Å²) in [7, 11) is 0. The van der Waals surface area contributed by atoms with E-state index in [1.807, 2.05) is 13.0 Å². The highest BCUT2D eigenvalue weighted by atomic mass is 16.2. The predicted molar refractivity (Wildman–Crippen MR) is 60.7 cm³/mol. The van der Waals surface area contributed by atoms with Crippen LogP contribution < -0.4 is 10.6 Å². The van der Waals surface area contributed by atoms with Crippen LogP contribution in [0.5, 0.6) is 0 Å². The Labute approximate surface area is 94.5 Å². The van der Waals surface area contributed by atoms with Gasteiger partial charge in [-0.05, 0) is 26.0 Å². The lowest BCUT2D eigenvalue weighted by Gasteiger charge is -2.14. The van der Waals surface area contributed by atoms with Gasteiger partial charge < -0.3 is 10.6 Å². The number of nitrogens with zero attached hydrogens (tertiary/aromatic N) is 2. The van der Waals surface area contributed by atoms with Crippen LogP contribution in [0.2, 0.25) is 0 Å². The number of hydrogen-bond donors (Lipinski definition) is 2. The molecule has 1 atom stereocenters. The number of nitriles is 1. The molecule has 1 aromatic heterocycles. The van der Waals surface area contributed by atoms with Gasteiger partial charge in [0.15, 0.2) is 5.69 Å². The van der Waals surface area contributed by atoms with Crippen molar-refractivity contribution in [3.05, 3.63) is 24.0 Å². The minimum atomic E-state index is -0.392. The molecule has 0 saturated heterocycles.